The van der Waals surface area contributed by atoms with Gasteiger partial charge in [0.25, 0.3) is 0 Å². The average molecular weight is 468 g/mol. The molecule has 2 saturated carbocycles. The lowest BCUT2D eigenvalue weighted by Crippen LogP contribution is -2.24. The van der Waals surface area contributed by atoms with Gasteiger partial charge in [0, 0.05) is 11.8 Å². The van der Waals surface area contributed by atoms with Crippen LogP contribution in [0.2, 0.25) is 0 Å². The van der Waals surface area contributed by atoms with Crippen molar-refractivity contribution in [2.24, 2.45) is 17.8 Å². The Bertz CT molecular complexity index is 1080. The molecule has 33 heavy (non-hydrogen) atoms. The van der Waals surface area contributed by atoms with E-state index in [1.54, 1.807) is 18.2 Å². The zero-order valence-electron chi connectivity index (χ0n) is 18.8. The number of ether oxygens (including phenoxy) is 1. The van der Waals surface area contributed by atoms with Gasteiger partial charge in [-0.15, -0.1) is 10.2 Å². The molecule has 5 rings (SSSR count). The summed E-state index contributed by atoms with van der Waals surface area (Å²) in [5.41, 5.74) is 0.889. The maximum Gasteiger partial charge on any atom is 0.191 e. The summed E-state index contributed by atoms with van der Waals surface area (Å²) >= 11 is 1.51. The first kappa shape index (κ1) is 22.4. The van der Waals surface area contributed by atoms with Crippen LogP contribution in [0.5, 0.6) is 5.75 Å². The SMILES string of the molecule is C[C@@H]([C@@H]1C[C@@H]2CC[C@@H]1C2)n1c(COc2ccccc2F)nnc1SC[C@H](O)c1ccccc1. The predicted molar refractivity (Wildman–Crippen MR) is 127 cm³/mol. The second kappa shape index (κ2) is 9.85. The van der Waals surface area contributed by atoms with Gasteiger partial charge in [-0.05, 0) is 61.6 Å². The van der Waals surface area contributed by atoms with E-state index in [0.29, 0.717) is 17.5 Å². The smallest absolute Gasteiger partial charge is 0.191 e. The van der Waals surface area contributed by atoms with Crippen LogP contribution >= 0.6 is 11.8 Å². The Morgan fingerprint density at radius 1 is 1.09 bits per heavy atom. The van der Waals surface area contributed by atoms with Gasteiger partial charge in [-0.1, -0.05) is 60.6 Å². The zero-order chi connectivity index (χ0) is 22.8. The third-order valence-corrected chi connectivity index (χ3v) is 8.32. The quantitative estimate of drug-likeness (QED) is 0.402. The largest absolute Gasteiger partial charge is 0.483 e. The number of fused-ring (bicyclic) bond motifs is 2. The first-order valence-electron chi connectivity index (χ1n) is 11.8. The molecule has 0 amide bonds. The molecule has 2 aliphatic rings. The van der Waals surface area contributed by atoms with Crippen LogP contribution in [0.3, 0.4) is 0 Å². The number of benzene rings is 2. The molecule has 3 aromatic rings. The molecule has 1 aromatic heterocycles. The highest BCUT2D eigenvalue weighted by molar-refractivity contribution is 7.99. The average Bonchev–Trinajstić information content (AvgIpc) is 3.58. The number of halogens is 1. The molecule has 7 heteroatoms. The molecule has 2 aliphatic carbocycles. The van der Waals surface area contributed by atoms with Gasteiger partial charge in [0.15, 0.2) is 22.5 Å². The summed E-state index contributed by atoms with van der Waals surface area (Å²) < 4.78 is 22.0. The number of thioether (sulfide) groups is 1. The van der Waals surface area contributed by atoms with E-state index in [0.717, 1.165) is 22.6 Å². The van der Waals surface area contributed by atoms with Gasteiger partial charge in [0.1, 0.15) is 6.61 Å². The van der Waals surface area contributed by atoms with Crippen LogP contribution in [0.4, 0.5) is 4.39 Å². The van der Waals surface area contributed by atoms with Gasteiger partial charge in [0.05, 0.1) is 6.10 Å². The van der Waals surface area contributed by atoms with Crippen molar-refractivity contribution in [1.82, 2.24) is 14.8 Å². The van der Waals surface area contributed by atoms with Gasteiger partial charge in [-0.3, -0.25) is 4.57 Å². The molecular formula is C26H30FN3O2S. The van der Waals surface area contributed by atoms with Gasteiger partial charge in [0.2, 0.25) is 0 Å². The fourth-order valence-corrected chi connectivity index (χ4v) is 6.63. The molecule has 0 saturated heterocycles. The number of hydrogen-bond donors (Lipinski definition) is 1. The maximum absolute atomic E-state index is 14.1. The van der Waals surface area contributed by atoms with Crippen LogP contribution in [0.25, 0.3) is 0 Å². The van der Waals surface area contributed by atoms with E-state index < -0.39 is 6.10 Å². The van der Waals surface area contributed by atoms with Crippen molar-refractivity contribution in [3.63, 3.8) is 0 Å². The molecule has 2 aromatic carbocycles. The van der Waals surface area contributed by atoms with Gasteiger partial charge in [-0.25, -0.2) is 4.39 Å². The molecule has 2 bridgehead atoms. The summed E-state index contributed by atoms with van der Waals surface area (Å²) in [4.78, 5) is 0. The van der Waals surface area contributed by atoms with E-state index >= 15 is 0 Å². The Balaban J connectivity index is 1.36. The zero-order valence-corrected chi connectivity index (χ0v) is 19.6. The molecule has 1 heterocycles. The van der Waals surface area contributed by atoms with Crippen molar-refractivity contribution in [2.75, 3.05) is 5.75 Å². The normalized spacial score (nSPS) is 23.5. The first-order valence-corrected chi connectivity index (χ1v) is 12.8. The minimum atomic E-state index is -0.586. The fourth-order valence-electron chi connectivity index (χ4n) is 5.62. The standard InChI is InChI=1S/C26H30FN3O2S/c1-17(21-14-18-11-12-20(21)13-18)30-25(15-32-24-10-6-5-9-22(24)27)28-29-26(30)33-16-23(31)19-7-3-2-4-8-19/h2-10,17-18,20-21,23,31H,11-16H2,1H3/t17-,18+,20+,21-,23-/m0/s1. The second-order valence-corrected chi connectivity index (χ2v) is 10.3. The third-order valence-electron chi connectivity index (χ3n) is 7.30. The molecule has 0 unspecified atom stereocenters. The summed E-state index contributed by atoms with van der Waals surface area (Å²) in [7, 11) is 0. The summed E-state index contributed by atoms with van der Waals surface area (Å²) in [6.07, 6.45) is 4.64. The number of aromatic nitrogens is 3. The molecule has 5 nitrogen and oxygen atoms in total. The summed E-state index contributed by atoms with van der Waals surface area (Å²) in [5.74, 6) is 3.20. The molecule has 0 aliphatic heterocycles. The molecule has 0 spiro atoms. The topological polar surface area (TPSA) is 60.2 Å². The van der Waals surface area contributed by atoms with Crippen LogP contribution in [-0.4, -0.2) is 25.6 Å². The van der Waals surface area contributed by atoms with E-state index in [1.807, 2.05) is 30.3 Å². The van der Waals surface area contributed by atoms with Crippen molar-refractivity contribution in [3.05, 3.63) is 71.8 Å². The number of hydrogen-bond acceptors (Lipinski definition) is 5. The lowest BCUT2D eigenvalue weighted by atomic mass is 9.84. The van der Waals surface area contributed by atoms with E-state index in [2.05, 4.69) is 21.7 Å². The highest BCUT2D eigenvalue weighted by Gasteiger charge is 2.43. The van der Waals surface area contributed by atoms with Gasteiger partial charge >= 0.3 is 0 Å². The van der Waals surface area contributed by atoms with Crippen molar-refractivity contribution in [2.45, 2.75) is 56.5 Å². The second-order valence-electron chi connectivity index (χ2n) is 9.30. The van der Waals surface area contributed by atoms with Gasteiger partial charge in [-0.2, -0.15) is 0 Å². The lowest BCUT2D eigenvalue weighted by molar-refractivity contribution is 0.203. The molecule has 2 fully saturated rings. The molecule has 0 radical (unpaired) electrons. The number of aliphatic hydroxyl groups is 1. The third kappa shape index (κ3) is 4.80. The molecule has 1 N–H and O–H groups in total. The van der Waals surface area contributed by atoms with Crippen molar-refractivity contribution in [1.29, 1.82) is 0 Å². The number of para-hydroxylation sites is 1. The van der Waals surface area contributed by atoms with E-state index in [-0.39, 0.29) is 24.2 Å². The van der Waals surface area contributed by atoms with Crippen molar-refractivity contribution in [3.8, 4) is 5.75 Å². The van der Waals surface area contributed by atoms with Crippen molar-refractivity contribution >= 4 is 11.8 Å². The van der Waals surface area contributed by atoms with E-state index in [9.17, 15) is 9.50 Å². The Hall–Kier alpha value is -2.38. The summed E-state index contributed by atoms with van der Waals surface area (Å²) in [6, 6.07) is 16.3. The number of rotatable bonds is 9. The Morgan fingerprint density at radius 3 is 2.61 bits per heavy atom. The Morgan fingerprint density at radius 2 is 1.88 bits per heavy atom. The summed E-state index contributed by atoms with van der Waals surface area (Å²) in [6.45, 7) is 2.40. The lowest BCUT2D eigenvalue weighted by Gasteiger charge is -2.30. The number of aliphatic hydroxyl groups excluding tert-OH is 1. The van der Waals surface area contributed by atoms with E-state index in [4.69, 9.17) is 4.74 Å². The highest BCUT2D eigenvalue weighted by Crippen LogP contribution is 2.52. The first-order chi connectivity index (χ1) is 16.1. The number of nitrogens with zero attached hydrogens (tertiary/aromatic N) is 3. The fraction of sp³-hybridized carbons (Fsp3) is 0.462. The Labute approximate surface area is 198 Å². The minimum absolute atomic E-state index is 0.154. The summed E-state index contributed by atoms with van der Waals surface area (Å²) in [5, 5.41) is 20.3. The Kier molecular flexibility index (Phi) is 6.69. The highest BCUT2D eigenvalue weighted by atomic mass is 32.2. The predicted octanol–water partition coefficient (Wildman–Crippen LogP) is 5.82. The molecular weight excluding hydrogens is 437 g/mol. The van der Waals surface area contributed by atoms with Crippen LogP contribution in [0.15, 0.2) is 59.8 Å². The van der Waals surface area contributed by atoms with Crippen LogP contribution in [-0.2, 0) is 6.61 Å². The van der Waals surface area contributed by atoms with E-state index in [1.165, 1.54) is 43.5 Å². The van der Waals surface area contributed by atoms with Crippen LogP contribution in [0, 0.1) is 23.6 Å². The monoisotopic (exact) mass is 467 g/mol. The molecule has 5 atom stereocenters. The van der Waals surface area contributed by atoms with Crippen molar-refractivity contribution < 1.29 is 14.2 Å². The van der Waals surface area contributed by atoms with Crippen LogP contribution < -0.4 is 4.74 Å². The molecule has 174 valence electrons. The maximum atomic E-state index is 14.1. The van der Waals surface area contributed by atoms with Crippen LogP contribution in [0.1, 0.15) is 56.1 Å². The minimum Gasteiger partial charge on any atom is -0.483 e. The van der Waals surface area contributed by atoms with Gasteiger partial charge < -0.3 is 9.84 Å².